The molecule has 5 heteroatoms. The fourth-order valence-corrected chi connectivity index (χ4v) is 2.76. The molecule has 0 radical (unpaired) electrons. The van der Waals surface area contributed by atoms with Crippen LogP contribution in [0.4, 0.5) is 5.69 Å². The number of ether oxygens (including phenoxy) is 1. The van der Waals surface area contributed by atoms with E-state index < -0.39 is 15.9 Å². The molecule has 0 heterocycles. The molecule has 1 aromatic rings. The molecule has 1 saturated carbocycles. The van der Waals surface area contributed by atoms with Crippen LogP contribution in [0.15, 0.2) is 24.3 Å². The number of nitro groups is 1. The summed E-state index contributed by atoms with van der Waals surface area (Å²) in [5, 5.41) is 11.0. The van der Waals surface area contributed by atoms with Crippen LogP contribution in [0.2, 0.25) is 0 Å². The Hall–Kier alpha value is -1.91. The number of carbonyl (C=O) groups is 1. The van der Waals surface area contributed by atoms with Crippen molar-refractivity contribution in [3.63, 3.8) is 0 Å². The Bertz CT molecular complexity index is 574. The average Bonchev–Trinajstić information content (AvgIpc) is 2.97. The zero-order valence-corrected chi connectivity index (χ0v) is 13.4. The summed E-state index contributed by atoms with van der Waals surface area (Å²) in [7, 11) is 0. The minimum absolute atomic E-state index is 0.0366. The standard InChI is InChI=1S/C17H23NO4/c1-4-16(2,3)15(19)22-17(10-5-6-11-17)13-8-7-9-14(12-13)18(20)21/h7-9,12H,4-6,10-11H2,1-3H3. The second-order valence-corrected chi connectivity index (χ2v) is 6.64. The van der Waals surface area contributed by atoms with Crippen LogP contribution in [-0.2, 0) is 15.1 Å². The van der Waals surface area contributed by atoms with E-state index in [0.29, 0.717) is 6.42 Å². The minimum atomic E-state index is -0.713. The molecule has 5 nitrogen and oxygen atoms in total. The Morgan fingerprint density at radius 2 is 2.00 bits per heavy atom. The Morgan fingerprint density at radius 3 is 2.55 bits per heavy atom. The Labute approximate surface area is 130 Å². The van der Waals surface area contributed by atoms with Crippen molar-refractivity contribution in [3.8, 4) is 0 Å². The number of hydrogen-bond donors (Lipinski definition) is 0. The monoisotopic (exact) mass is 305 g/mol. The number of hydrogen-bond acceptors (Lipinski definition) is 4. The highest BCUT2D eigenvalue weighted by atomic mass is 16.6. The predicted octanol–water partition coefficient (Wildman–Crippen LogP) is 4.34. The van der Waals surface area contributed by atoms with Crippen LogP contribution in [0.1, 0.15) is 58.4 Å². The van der Waals surface area contributed by atoms with Crippen molar-refractivity contribution < 1.29 is 14.5 Å². The molecule has 0 aliphatic heterocycles. The zero-order valence-electron chi connectivity index (χ0n) is 13.4. The highest BCUT2D eigenvalue weighted by Crippen LogP contribution is 2.44. The maximum atomic E-state index is 12.5. The highest BCUT2D eigenvalue weighted by molar-refractivity contribution is 5.76. The van der Waals surface area contributed by atoms with E-state index in [-0.39, 0.29) is 11.7 Å². The van der Waals surface area contributed by atoms with Crippen LogP contribution in [0.25, 0.3) is 0 Å². The van der Waals surface area contributed by atoms with E-state index in [1.165, 1.54) is 12.1 Å². The van der Waals surface area contributed by atoms with Gasteiger partial charge in [-0.1, -0.05) is 19.1 Å². The van der Waals surface area contributed by atoms with Crippen LogP contribution < -0.4 is 0 Å². The molecule has 1 aliphatic rings. The molecule has 0 spiro atoms. The number of carbonyl (C=O) groups excluding carboxylic acids is 1. The summed E-state index contributed by atoms with van der Waals surface area (Å²) >= 11 is 0. The van der Waals surface area contributed by atoms with Crippen molar-refractivity contribution in [1.82, 2.24) is 0 Å². The van der Waals surface area contributed by atoms with Crippen molar-refractivity contribution in [2.45, 2.75) is 58.5 Å². The smallest absolute Gasteiger partial charge is 0.312 e. The van der Waals surface area contributed by atoms with E-state index in [1.54, 1.807) is 6.07 Å². The lowest BCUT2D eigenvalue weighted by molar-refractivity contribution is -0.385. The normalized spacial score (nSPS) is 17.2. The molecule has 0 bridgehead atoms. The van der Waals surface area contributed by atoms with Crippen LogP contribution in [-0.4, -0.2) is 10.9 Å². The first-order valence-corrected chi connectivity index (χ1v) is 7.79. The summed E-state index contributed by atoms with van der Waals surface area (Å²) in [4.78, 5) is 23.1. The largest absolute Gasteiger partial charge is 0.454 e. The van der Waals surface area contributed by atoms with Crippen LogP contribution >= 0.6 is 0 Å². The van der Waals surface area contributed by atoms with Gasteiger partial charge in [0.15, 0.2) is 0 Å². The van der Waals surface area contributed by atoms with Crippen molar-refractivity contribution in [2.24, 2.45) is 5.41 Å². The van der Waals surface area contributed by atoms with Crippen LogP contribution in [0.5, 0.6) is 0 Å². The topological polar surface area (TPSA) is 69.4 Å². The molecular formula is C17H23NO4. The maximum absolute atomic E-state index is 12.5. The summed E-state index contributed by atoms with van der Waals surface area (Å²) in [6.45, 7) is 5.69. The molecule has 1 fully saturated rings. The van der Waals surface area contributed by atoms with Crippen molar-refractivity contribution in [3.05, 3.63) is 39.9 Å². The first-order valence-electron chi connectivity index (χ1n) is 7.79. The van der Waals surface area contributed by atoms with E-state index in [9.17, 15) is 14.9 Å². The molecule has 1 aromatic carbocycles. The number of esters is 1. The van der Waals surface area contributed by atoms with Gasteiger partial charge in [-0.15, -0.1) is 0 Å². The van der Waals surface area contributed by atoms with Crippen LogP contribution in [0, 0.1) is 15.5 Å². The van der Waals surface area contributed by atoms with E-state index in [4.69, 9.17) is 4.74 Å². The van der Waals surface area contributed by atoms with Gasteiger partial charge >= 0.3 is 5.97 Å². The van der Waals surface area contributed by atoms with E-state index in [2.05, 4.69) is 0 Å². The molecule has 0 saturated heterocycles. The summed E-state index contributed by atoms with van der Waals surface area (Å²) in [6.07, 6.45) is 4.06. The number of nitrogens with zero attached hydrogens (tertiary/aromatic N) is 1. The lowest BCUT2D eigenvalue weighted by Crippen LogP contribution is -2.36. The lowest BCUT2D eigenvalue weighted by Gasteiger charge is -2.33. The van der Waals surface area contributed by atoms with Crippen molar-refractivity contribution >= 4 is 11.7 Å². The first-order chi connectivity index (χ1) is 10.3. The average molecular weight is 305 g/mol. The van der Waals surface area contributed by atoms with Gasteiger partial charge in [0, 0.05) is 17.7 Å². The van der Waals surface area contributed by atoms with Gasteiger partial charge in [-0.3, -0.25) is 14.9 Å². The molecule has 1 aliphatic carbocycles. The molecule has 120 valence electrons. The van der Waals surface area contributed by atoms with Gasteiger partial charge in [0.1, 0.15) is 5.60 Å². The molecule has 2 rings (SSSR count). The lowest BCUT2D eigenvalue weighted by atomic mass is 9.88. The van der Waals surface area contributed by atoms with Crippen LogP contribution in [0.3, 0.4) is 0 Å². The third-order valence-corrected chi connectivity index (χ3v) is 4.72. The molecular weight excluding hydrogens is 282 g/mol. The molecule has 0 aromatic heterocycles. The number of nitro benzene ring substituents is 1. The fraction of sp³-hybridized carbons (Fsp3) is 0.588. The Balaban J connectivity index is 2.35. The first kappa shape index (κ1) is 16.5. The van der Waals surface area contributed by atoms with Crippen molar-refractivity contribution in [2.75, 3.05) is 0 Å². The molecule has 0 atom stereocenters. The van der Waals surface area contributed by atoms with Gasteiger partial charge in [0.25, 0.3) is 5.69 Å². The second kappa shape index (κ2) is 6.07. The number of rotatable bonds is 5. The Kier molecular flexibility index (Phi) is 4.54. The van der Waals surface area contributed by atoms with Gasteiger partial charge in [-0.25, -0.2) is 0 Å². The molecule has 22 heavy (non-hydrogen) atoms. The fourth-order valence-electron chi connectivity index (χ4n) is 2.76. The number of non-ortho nitro benzene ring substituents is 1. The summed E-state index contributed by atoms with van der Waals surface area (Å²) in [5.41, 5.74) is -0.486. The van der Waals surface area contributed by atoms with Gasteiger partial charge in [-0.2, -0.15) is 0 Å². The molecule has 0 unspecified atom stereocenters. The predicted molar refractivity (Wildman–Crippen MR) is 83.4 cm³/mol. The molecule has 0 amide bonds. The van der Waals surface area contributed by atoms with Crippen molar-refractivity contribution in [1.29, 1.82) is 0 Å². The third kappa shape index (κ3) is 3.13. The SMILES string of the molecule is CCC(C)(C)C(=O)OC1(c2cccc([N+](=O)[O-])c2)CCCC1. The second-order valence-electron chi connectivity index (χ2n) is 6.64. The van der Waals surface area contributed by atoms with Gasteiger partial charge in [0.2, 0.25) is 0 Å². The van der Waals surface area contributed by atoms with Gasteiger partial charge in [0.05, 0.1) is 10.3 Å². The summed E-state index contributed by atoms with van der Waals surface area (Å²) in [6, 6.07) is 6.48. The number of benzene rings is 1. The highest BCUT2D eigenvalue weighted by Gasteiger charge is 2.43. The van der Waals surface area contributed by atoms with E-state index >= 15 is 0 Å². The van der Waals surface area contributed by atoms with E-state index in [1.807, 2.05) is 26.8 Å². The quantitative estimate of drug-likeness (QED) is 0.461. The minimum Gasteiger partial charge on any atom is -0.454 e. The summed E-state index contributed by atoms with van der Waals surface area (Å²) < 4.78 is 5.91. The zero-order chi connectivity index (χ0) is 16.4. The van der Waals surface area contributed by atoms with Gasteiger partial charge < -0.3 is 4.74 Å². The maximum Gasteiger partial charge on any atom is 0.312 e. The Morgan fingerprint density at radius 1 is 1.36 bits per heavy atom. The third-order valence-electron chi connectivity index (χ3n) is 4.72. The van der Waals surface area contributed by atoms with Gasteiger partial charge in [-0.05, 0) is 46.0 Å². The van der Waals surface area contributed by atoms with E-state index in [0.717, 1.165) is 31.2 Å². The molecule has 0 N–H and O–H groups in total. The summed E-state index contributed by atoms with van der Waals surface area (Å²) in [5.74, 6) is -0.233.